The monoisotopic (exact) mass is 543 g/mol. The second-order valence-corrected chi connectivity index (χ2v) is 10.8. The highest BCUT2D eigenvalue weighted by Crippen LogP contribution is 2.31. The van der Waals surface area contributed by atoms with Crippen LogP contribution in [0.25, 0.3) is 0 Å². The number of anilines is 3. The summed E-state index contributed by atoms with van der Waals surface area (Å²) in [5.74, 6) is 0.573. The highest BCUT2D eigenvalue weighted by molar-refractivity contribution is 7.92. The lowest BCUT2D eigenvalue weighted by Gasteiger charge is -2.19. The molecule has 4 aromatic rings. The number of hydrogen-bond acceptors (Lipinski definition) is 6. The molecule has 9 heteroatoms. The van der Waals surface area contributed by atoms with Crippen LogP contribution in [0.4, 0.5) is 17.1 Å². The predicted molar refractivity (Wildman–Crippen MR) is 152 cm³/mol. The number of hydrogen-bond donors (Lipinski definition) is 2. The Kier molecular flexibility index (Phi) is 7.42. The summed E-state index contributed by atoms with van der Waals surface area (Å²) in [5.41, 5.74) is 5.01. The molecule has 0 aromatic heterocycles. The van der Waals surface area contributed by atoms with E-state index in [2.05, 4.69) is 39.2 Å². The summed E-state index contributed by atoms with van der Waals surface area (Å²) in [6.07, 6.45) is 1.04. The van der Waals surface area contributed by atoms with Gasteiger partial charge < -0.3 is 19.7 Å². The number of sulfonamides is 1. The van der Waals surface area contributed by atoms with Gasteiger partial charge in [-0.05, 0) is 72.1 Å². The van der Waals surface area contributed by atoms with Crippen LogP contribution in [0.1, 0.15) is 21.5 Å². The molecule has 0 bridgehead atoms. The van der Waals surface area contributed by atoms with Crippen LogP contribution in [-0.4, -0.2) is 35.1 Å². The van der Waals surface area contributed by atoms with E-state index in [0.29, 0.717) is 22.7 Å². The number of amides is 1. The van der Waals surface area contributed by atoms with Crippen LogP contribution in [0.5, 0.6) is 11.5 Å². The molecule has 0 saturated carbocycles. The minimum Gasteiger partial charge on any atom is -0.497 e. The van der Waals surface area contributed by atoms with Gasteiger partial charge in [0.15, 0.2) is 0 Å². The molecule has 1 amide bonds. The molecule has 1 heterocycles. The van der Waals surface area contributed by atoms with E-state index in [9.17, 15) is 13.2 Å². The first-order valence-electron chi connectivity index (χ1n) is 12.4. The molecule has 0 radical (unpaired) electrons. The van der Waals surface area contributed by atoms with Crippen LogP contribution >= 0.6 is 0 Å². The third-order valence-corrected chi connectivity index (χ3v) is 8.03. The summed E-state index contributed by atoms with van der Waals surface area (Å²) < 4.78 is 38.9. The summed E-state index contributed by atoms with van der Waals surface area (Å²) >= 11 is 0. The highest BCUT2D eigenvalue weighted by atomic mass is 32.2. The van der Waals surface area contributed by atoms with Crippen molar-refractivity contribution < 1.29 is 22.7 Å². The van der Waals surface area contributed by atoms with Gasteiger partial charge in [-0.15, -0.1) is 0 Å². The number of rotatable bonds is 9. The zero-order chi connectivity index (χ0) is 27.4. The van der Waals surface area contributed by atoms with Gasteiger partial charge in [0.1, 0.15) is 11.5 Å². The number of para-hydroxylation sites is 1. The van der Waals surface area contributed by atoms with E-state index < -0.39 is 10.0 Å². The van der Waals surface area contributed by atoms with Gasteiger partial charge >= 0.3 is 0 Å². The molecule has 0 atom stereocenters. The van der Waals surface area contributed by atoms with Crippen LogP contribution in [0, 0.1) is 0 Å². The van der Waals surface area contributed by atoms with Gasteiger partial charge in [-0.25, -0.2) is 8.42 Å². The van der Waals surface area contributed by atoms with E-state index in [1.165, 1.54) is 37.6 Å². The zero-order valence-corrected chi connectivity index (χ0v) is 22.5. The number of carbonyl (C=O) groups excluding carboxylic acids is 1. The van der Waals surface area contributed by atoms with Crippen molar-refractivity contribution in [3.8, 4) is 11.5 Å². The minimum atomic E-state index is -3.90. The van der Waals surface area contributed by atoms with Crippen molar-refractivity contribution in [2.45, 2.75) is 17.9 Å². The van der Waals surface area contributed by atoms with E-state index in [0.717, 1.165) is 25.1 Å². The maximum absolute atomic E-state index is 12.9. The molecule has 0 fully saturated rings. The third kappa shape index (κ3) is 5.83. The summed E-state index contributed by atoms with van der Waals surface area (Å²) in [7, 11) is -0.953. The lowest BCUT2D eigenvalue weighted by Crippen LogP contribution is -2.19. The fourth-order valence-electron chi connectivity index (χ4n) is 4.57. The fourth-order valence-corrected chi connectivity index (χ4v) is 5.63. The van der Waals surface area contributed by atoms with Gasteiger partial charge in [-0.3, -0.25) is 9.52 Å². The van der Waals surface area contributed by atoms with E-state index in [-0.39, 0.29) is 16.5 Å². The van der Waals surface area contributed by atoms with Gasteiger partial charge in [-0.1, -0.05) is 30.3 Å². The molecule has 2 N–H and O–H groups in total. The average molecular weight is 544 g/mol. The first kappa shape index (κ1) is 26.1. The van der Waals surface area contributed by atoms with Crippen LogP contribution < -0.4 is 24.4 Å². The van der Waals surface area contributed by atoms with Crippen LogP contribution in [-0.2, 0) is 23.0 Å². The van der Waals surface area contributed by atoms with Crippen molar-refractivity contribution in [3.63, 3.8) is 0 Å². The Morgan fingerprint density at radius 2 is 1.64 bits per heavy atom. The quantitative estimate of drug-likeness (QED) is 0.297. The van der Waals surface area contributed by atoms with Crippen molar-refractivity contribution in [2.24, 2.45) is 0 Å². The maximum atomic E-state index is 12.9. The lowest BCUT2D eigenvalue weighted by atomic mass is 10.1. The Bertz CT molecular complexity index is 1590. The Morgan fingerprint density at radius 3 is 2.36 bits per heavy atom. The van der Waals surface area contributed by atoms with Gasteiger partial charge in [0.25, 0.3) is 15.9 Å². The number of ether oxygens (including phenoxy) is 2. The van der Waals surface area contributed by atoms with Crippen molar-refractivity contribution in [1.29, 1.82) is 0 Å². The molecule has 0 aliphatic carbocycles. The molecule has 5 rings (SSSR count). The van der Waals surface area contributed by atoms with Crippen molar-refractivity contribution in [1.82, 2.24) is 0 Å². The summed E-state index contributed by atoms with van der Waals surface area (Å²) in [4.78, 5) is 15.2. The van der Waals surface area contributed by atoms with E-state index in [4.69, 9.17) is 9.47 Å². The fraction of sp³-hybridized carbons (Fsp3) is 0.167. The van der Waals surface area contributed by atoms with Crippen molar-refractivity contribution in [3.05, 3.63) is 108 Å². The molecule has 1 aliphatic rings. The van der Waals surface area contributed by atoms with E-state index in [1.54, 1.807) is 42.5 Å². The molecule has 1 aliphatic heterocycles. The van der Waals surface area contributed by atoms with Crippen molar-refractivity contribution >= 4 is 33.0 Å². The lowest BCUT2D eigenvalue weighted by molar-refractivity contribution is 0.102. The smallest absolute Gasteiger partial charge is 0.262 e. The number of methoxy groups -OCH3 is 2. The van der Waals surface area contributed by atoms with Crippen LogP contribution in [0.3, 0.4) is 0 Å². The zero-order valence-electron chi connectivity index (χ0n) is 21.7. The number of fused-ring (bicyclic) bond motifs is 1. The molecule has 0 saturated heterocycles. The molecule has 8 nitrogen and oxygen atoms in total. The summed E-state index contributed by atoms with van der Waals surface area (Å²) in [6, 6.07) is 26.8. The first-order chi connectivity index (χ1) is 18.9. The molecule has 0 spiro atoms. The predicted octanol–water partition coefficient (Wildman–Crippen LogP) is 5.32. The molecule has 4 aromatic carbocycles. The number of nitrogens with zero attached hydrogens (tertiary/aromatic N) is 1. The molecule has 0 unspecified atom stereocenters. The molecular formula is C30H29N3O5S. The number of carbonyl (C=O) groups is 1. The highest BCUT2D eigenvalue weighted by Gasteiger charge is 2.19. The SMILES string of the molecule is COc1ccc(OC)c(NS(=O)(=O)c2ccc(NC(=O)c3ccc(CN4CCc5ccccc54)cc3)cc2)c1. The average Bonchev–Trinajstić information content (AvgIpc) is 3.36. The number of nitrogens with one attached hydrogen (secondary N) is 2. The summed E-state index contributed by atoms with van der Waals surface area (Å²) in [6.45, 7) is 1.76. The van der Waals surface area contributed by atoms with Crippen LogP contribution in [0.2, 0.25) is 0 Å². The Labute approximate surface area is 228 Å². The van der Waals surface area contributed by atoms with Gasteiger partial charge in [0.2, 0.25) is 0 Å². The molecular weight excluding hydrogens is 514 g/mol. The molecule has 200 valence electrons. The second kappa shape index (κ2) is 11.1. The largest absolute Gasteiger partial charge is 0.497 e. The Balaban J connectivity index is 1.22. The van der Waals surface area contributed by atoms with E-state index >= 15 is 0 Å². The Morgan fingerprint density at radius 1 is 0.897 bits per heavy atom. The number of benzene rings is 4. The normalized spacial score (nSPS) is 12.5. The summed E-state index contributed by atoms with van der Waals surface area (Å²) in [5, 5.41) is 2.82. The minimum absolute atomic E-state index is 0.0400. The van der Waals surface area contributed by atoms with E-state index in [1.807, 2.05) is 12.1 Å². The molecule has 39 heavy (non-hydrogen) atoms. The van der Waals surface area contributed by atoms with Gasteiger partial charge in [-0.2, -0.15) is 0 Å². The first-order valence-corrected chi connectivity index (χ1v) is 13.9. The standard InChI is InChI=1S/C30H29N3O5S/c1-37-25-13-16-29(38-2)27(19-25)32-39(35,36)26-14-11-24(12-15-26)31-30(34)23-9-7-21(8-10-23)20-33-18-17-22-5-3-4-6-28(22)33/h3-16,19,32H,17-18,20H2,1-2H3,(H,31,34). The van der Waals surface area contributed by atoms with Crippen molar-refractivity contribution in [2.75, 3.05) is 35.7 Å². The van der Waals surface area contributed by atoms with Crippen LogP contribution in [0.15, 0.2) is 95.9 Å². The maximum Gasteiger partial charge on any atom is 0.262 e. The third-order valence-electron chi connectivity index (χ3n) is 6.65. The van der Waals surface area contributed by atoms with Gasteiger partial charge in [0.05, 0.1) is 24.8 Å². The second-order valence-electron chi connectivity index (χ2n) is 9.15. The topological polar surface area (TPSA) is 97.0 Å². The Hall–Kier alpha value is -4.50. The van der Waals surface area contributed by atoms with Gasteiger partial charge in [0, 0.05) is 36.1 Å².